The van der Waals surface area contributed by atoms with E-state index in [9.17, 15) is 0 Å². The molecule has 0 aliphatic carbocycles. The van der Waals surface area contributed by atoms with E-state index in [0.717, 1.165) is 6.42 Å². The van der Waals surface area contributed by atoms with E-state index in [1.165, 1.54) is 0 Å². The van der Waals surface area contributed by atoms with Crippen LogP contribution in [0.3, 0.4) is 0 Å². The SMILES string of the molecule is COCC(C)(CO)CC(C)CO. The van der Waals surface area contributed by atoms with Crippen molar-refractivity contribution in [2.45, 2.75) is 20.3 Å². The number of hydrogen-bond donors (Lipinski definition) is 2. The summed E-state index contributed by atoms with van der Waals surface area (Å²) < 4.78 is 5.00. The predicted molar refractivity (Wildman–Crippen MR) is 47.9 cm³/mol. The molecule has 2 N–H and O–H groups in total. The molecule has 74 valence electrons. The molecule has 0 amide bonds. The smallest absolute Gasteiger partial charge is 0.0538 e. The summed E-state index contributed by atoms with van der Waals surface area (Å²) in [5.41, 5.74) is -0.211. The second-order valence-electron chi connectivity index (χ2n) is 3.89. The molecule has 0 aromatic rings. The Morgan fingerprint density at radius 2 is 2.00 bits per heavy atom. The van der Waals surface area contributed by atoms with Gasteiger partial charge in [-0.15, -0.1) is 0 Å². The fourth-order valence-corrected chi connectivity index (χ4v) is 1.42. The summed E-state index contributed by atoms with van der Waals surface area (Å²) in [6, 6.07) is 0. The average Bonchev–Trinajstić information content (AvgIpc) is 2.05. The summed E-state index contributed by atoms with van der Waals surface area (Å²) in [4.78, 5) is 0. The van der Waals surface area contributed by atoms with Crippen LogP contribution in [0.2, 0.25) is 0 Å². The lowest BCUT2D eigenvalue weighted by Gasteiger charge is -2.28. The third-order valence-corrected chi connectivity index (χ3v) is 2.03. The fraction of sp³-hybridized carbons (Fsp3) is 1.00. The van der Waals surface area contributed by atoms with Crippen LogP contribution >= 0.6 is 0 Å². The summed E-state index contributed by atoms with van der Waals surface area (Å²) >= 11 is 0. The summed E-state index contributed by atoms with van der Waals surface area (Å²) in [7, 11) is 1.62. The molecule has 0 fully saturated rings. The lowest BCUT2D eigenvalue weighted by molar-refractivity contribution is 0.0199. The number of methoxy groups -OCH3 is 1. The largest absolute Gasteiger partial charge is 0.396 e. The minimum absolute atomic E-state index is 0.102. The Morgan fingerprint density at radius 1 is 1.42 bits per heavy atom. The molecule has 3 nitrogen and oxygen atoms in total. The number of hydrogen-bond acceptors (Lipinski definition) is 3. The molecule has 0 saturated carbocycles. The Labute approximate surface area is 74.4 Å². The minimum atomic E-state index is -0.211. The highest BCUT2D eigenvalue weighted by atomic mass is 16.5. The molecule has 2 atom stereocenters. The molecular formula is C9H20O3. The van der Waals surface area contributed by atoms with E-state index in [2.05, 4.69) is 0 Å². The molecule has 0 spiro atoms. The van der Waals surface area contributed by atoms with Crippen LogP contribution in [0.1, 0.15) is 20.3 Å². The normalized spacial score (nSPS) is 18.8. The van der Waals surface area contributed by atoms with Crippen LogP contribution in [0.5, 0.6) is 0 Å². The standard InChI is InChI=1S/C9H20O3/c1-8(5-10)4-9(2,6-11)7-12-3/h8,10-11H,4-7H2,1-3H3. The highest BCUT2D eigenvalue weighted by molar-refractivity contribution is 4.75. The average molecular weight is 176 g/mol. The van der Waals surface area contributed by atoms with Gasteiger partial charge in [-0.05, 0) is 12.3 Å². The van der Waals surface area contributed by atoms with Gasteiger partial charge in [-0.25, -0.2) is 0 Å². The summed E-state index contributed by atoms with van der Waals surface area (Å²) in [6.45, 7) is 4.73. The van der Waals surface area contributed by atoms with E-state index >= 15 is 0 Å². The first-order valence-electron chi connectivity index (χ1n) is 4.28. The van der Waals surface area contributed by atoms with E-state index in [1.54, 1.807) is 7.11 Å². The van der Waals surface area contributed by atoms with E-state index in [-0.39, 0.29) is 24.5 Å². The topological polar surface area (TPSA) is 49.7 Å². The molecule has 0 aliphatic rings. The van der Waals surface area contributed by atoms with Gasteiger partial charge in [-0.3, -0.25) is 0 Å². The number of ether oxygens (including phenoxy) is 1. The molecular weight excluding hydrogens is 156 g/mol. The van der Waals surface area contributed by atoms with Gasteiger partial charge in [0.1, 0.15) is 0 Å². The summed E-state index contributed by atoms with van der Waals surface area (Å²) in [6.07, 6.45) is 0.786. The summed E-state index contributed by atoms with van der Waals surface area (Å²) in [5.74, 6) is 0.220. The maximum absolute atomic E-state index is 9.10. The third-order valence-electron chi connectivity index (χ3n) is 2.03. The zero-order valence-corrected chi connectivity index (χ0v) is 8.21. The van der Waals surface area contributed by atoms with Crippen LogP contribution in [0.15, 0.2) is 0 Å². The van der Waals surface area contributed by atoms with E-state index in [1.807, 2.05) is 13.8 Å². The van der Waals surface area contributed by atoms with Crippen molar-refractivity contribution in [2.24, 2.45) is 11.3 Å². The summed E-state index contributed by atoms with van der Waals surface area (Å²) in [5, 5.41) is 17.9. The third kappa shape index (κ3) is 4.04. The quantitative estimate of drug-likeness (QED) is 0.624. The zero-order valence-electron chi connectivity index (χ0n) is 8.21. The van der Waals surface area contributed by atoms with Crippen LogP contribution in [0, 0.1) is 11.3 Å². The fourth-order valence-electron chi connectivity index (χ4n) is 1.42. The van der Waals surface area contributed by atoms with E-state index in [4.69, 9.17) is 14.9 Å². The van der Waals surface area contributed by atoms with Gasteiger partial charge in [0.15, 0.2) is 0 Å². The molecule has 2 unspecified atom stereocenters. The molecule has 0 radical (unpaired) electrons. The molecule has 12 heavy (non-hydrogen) atoms. The van der Waals surface area contributed by atoms with Crippen molar-refractivity contribution in [1.29, 1.82) is 0 Å². The highest BCUT2D eigenvalue weighted by Crippen LogP contribution is 2.25. The molecule has 0 aliphatic heterocycles. The molecule has 0 rings (SSSR count). The molecule has 0 bridgehead atoms. The van der Waals surface area contributed by atoms with Crippen molar-refractivity contribution < 1.29 is 14.9 Å². The van der Waals surface area contributed by atoms with Gasteiger partial charge in [-0.2, -0.15) is 0 Å². The molecule has 0 saturated heterocycles. The lowest BCUT2D eigenvalue weighted by Crippen LogP contribution is -2.30. The van der Waals surface area contributed by atoms with Crippen molar-refractivity contribution >= 4 is 0 Å². The molecule has 3 heteroatoms. The lowest BCUT2D eigenvalue weighted by atomic mass is 9.83. The first-order valence-corrected chi connectivity index (χ1v) is 4.28. The number of aliphatic hydroxyl groups is 2. The van der Waals surface area contributed by atoms with Gasteiger partial charge >= 0.3 is 0 Å². The molecule has 0 aromatic carbocycles. The van der Waals surface area contributed by atoms with Crippen molar-refractivity contribution in [3.8, 4) is 0 Å². The van der Waals surface area contributed by atoms with Gasteiger partial charge in [0.05, 0.1) is 13.2 Å². The van der Waals surface area contributed by atoms with Gasteiger partial charge in [0.25, 0.3) is 0 Å². The number of rotatable bonds is 6. The van der Waals surface area contributed by atoms with E-state index < -0.39 is 0 Å². The van der Waals surface area contributed by atoms with Crippen molar-refractivity contribution in [3.05, 3.63) is 0 Å². The van der Waals surface area contributed by atoms with E-state index in [0.29, 0.717) is 6.61 Å². The maximum atomic E-state index is 9.10. The van der Waals surface area contributed by atoms with Gasteiger partial charge in [0, 0.05) is 19.1 Å². The Kier molecular flexibility index (Phi) is 5.46. The van der Waals surface area contributed by atoms with Crippen LogP contribution in [-0.2, 0) is 4.74 Å². The van der Waals surface area contributed by atoms with Crippen LogP contribution in [-0.4, -0.2) is 37.1 Å². The monoisotopic (exact) mass is 176 g/mol. The minimum Gasteiger partial charge on any atom is -0.396 e. The molecule has 0 aromatic heterocycles. The first-order chi connectivity index (χ1) is 5.58. The molecule has 0 heterocycles. The second-order valence-corrected chi connectivity index (χ2v) is 3.89. The number of aliphatic hydroxyl groups excluding tert-OH is 2. The van der Waals surface area contributed by atoms with Crippen LogP contribution in [0.4, 0.5) is 0 Å². The zero-order chi connectivity index (χ0) is 9.61. The van der Waals surface area contributed by atoms with Gasteiger partial charge in [-0.1, -0.05) is 13.8 Å². The van der Waals surface area contributed by atoms with Crippen LogP contribution in [0.25, 0.3) is 0 Å². The van der Waals surface area contributed by atoms with Crippen molar-refractivity contribution in [1.82, 2.24) is 0 Å². The predicted octanol–water partition coefficient (Wildman–Crippen LogP) is 0.650. The Morgan fingerprint density at radius 3 is 2.33 bits per heavy atom. The second kappa shape index (κ2) is 5.51. The van der Waals surface area contributed by atoms with Gasteiger partial charge < -0.3 is 14.9 Å². The maximum Gasteiger partial charge on any atom is 0.0538 e. The first kappa shape index (κ1) is 11.9. The van der Waals surface area contributed by atoms with Crippen molar-refractivity contribution in [3.63, 3.8) is 0 Å². The van der Waals surface area contributed by atoms with Crippen LogP contribution < -0.4 is 0 Å². The Balaban J connectivity index is 3.94. The van der Waals surface area contributed by atoms with Gasteiger partial charge in [0.2, 0.25) is 0 Å². The Bertz CT molecular complexity index is 116. The highest BCUT2D eigenvalue weighted by Gasteiger charge is 2.25. The van der Waals surface area contributed by atoms with Crippen molar-refractivity contribution in [2.75, 3.05) is 26.9 Å². The Hall–Kier alpha value is -0.120.